The largest absolute Gasteiger partial charge is 0.321 e. The number of aromatic nitrogens is 1. The minimum atomic E-state index is -0.119. The molecule has 2 aromatic carbocycles. The van der Waals surface area contributed by atoms with Crippen molar-refractivity contribution in [2.45, 2.75) is 11.5 Å². The lowest BCUT2D eigenvalue weighted by molar-refractivity contribution is 0.102. The van der Waals surface area contributed by atoms with E-state index in [4.69, 9.17) is 0 Å². The highest BCUT2D eigenvalue weighted by atomic mass is 32.2. The smallest absolute Gasteiger partial charge is 0.255 e. The van der Waals surface area contributed by atoms with E-state index in [0.29, 0.717) is 11.3 Å². The van der Waals surface area contributed by atoms with Crippen molar-refractivity contribution in [3.63, 3.8) is 0 Å². The van der Waals surface area contributed by atoms with Crippen LogP contribution in [-0.4, -0.2) is 10.9 Å². The first-order chi connectivity index (χ1) is 11.8. The molecule has 1 amide bonds. The molecule has 0 aliphatic carbocycles. The van der Waals surface area contributed by atoms with Crippen LogP contribution < -0.4 is 5.32 Å². The van der Waals surface area contributed by atoms with Crippen LogP contribution in [-0.2, 0) is 11.5 Å². The molecule has 0 unspecified atom stereocenters. The van der Waals surface area contributed by atoms with Gasteiger partial charge in [0.25, 0.3) is 5.91 Å². The fourth-order valence-corrected chi connectivity index (χ4v) is 3.21. The van der Waals surface area contributed by atoms with Crippen molar-refractivity contribution in [1.29, 1.82) is 0 Å². The first-order valence-electron chi connectivity index (χ1n) is 7.73. The first kappa shape index (κ1) is 16.3. The summed E-state index contributed by atoms with van der Waals surface area (Å²) in [6, 6.07) is 21.8. The maximum Gasteiger partial charge on any atom is 0.255 e. The molecule has 1 N–H and O–H groups in total. The minimum absolute atomic E-state index is 0.119. The lowest BCUT2D eigenvalue weighted by atomic mass is 10.1. The summed E-state index contributed by atoms with van der Waals surface area (Å²) in [4.78, 5) is 16.2. The molecule has 4 heteroatoms. The van der Waals surface area contributed by atoms with E-state index in [2.05, 4.69) is 34.6 Å². The zero-order valence-corrected chi connectivity index (χ0v) is 14.0. The number of nitrogens with zero attached hydrogens (tertiary/aromatic N) is 1. The molecule has 1 heterocycles. The van der Waals surface area contributed by atoms with Gasteiger partial charge >= 0.3 is 0 Å². The van der Waals surface area contributed by atoms with Crippen LogP contribution in [0.3, 0.4) is 0 Å². The predicted octanol–water partition coefficient (Wildman–Crippen LogP) is 4.77. The van der Waals surface area contributed by atoms with Crippen LogP contribution in [0, 0.1) is 0 Å². The van der Waals surface area contributed by atoms with Crippen molar-refractivity contribution in [2.24, 2.45) is 0 Å². The van der Waals surface area contributed by atoms with E-state index >= 15 is 0 Å². The van der Waals surface area contributed by atoms with Gasteiger partial charge < -0.3 is 5.32 Å². The number of rotatable bonds is 6. The second-order valence-corrected chi connectivity index (χ2v) is 6.36. The third kappa shape index (κ3) is 4.70. The maximum absolute atomic E-state index is 12.2. The number of carbonyl (C=O) groups is 1. The highest BCUT2D eigenvalue weighted by Crippen LogP contribution is 2.18. The van der Waals surface area contributed by atoms with E-state index in [1.54, 1.807) is 18.5 Å². The number of benzene rings is 2. The quantitative estimate of drug-likeness (QED) is 0.706. The summed E-state index contributed by atoms with van der Waals surface area (Å²) in [5.41, 5.74) is 3.89. The molecule has 0 aliphatic rings. The number of anilines is 1. The Morgan fingerprint density at radius 3 is 2.25 bits per heavy atom. The number of pyridine rings is 1. The van der Waals surface area contributed by atoms with Gasteiger partial charge in [0, 0.05) is 23.3 Å². The fraction of sp³-hybridized carbons (Fsp3) is 0.100. The van der Waals surface area contributed by atoms with Crippen molar-refractivity contribution < 1.29 is 4.79 Å². The monoisotopic (exact) mass is 334 g/mol. The lowest BCUT2D eigenvalue weighted by Crippen LogP contribution is -2.11. The van der Waals surface area contributed by atoms with Crippen LogP contribution in [0.5, 0.6) is 0 Å². The molecule has 0 aliphatic heterocycles. The van der Waals surface area contributed by atoms with Crippen molar-refractivity contribution in [3.8, 4) is 0 Å². The fourth-order valence-electron chi connectivity index (χ4n) is 2.25. The molecule has 3 rings (SSSR count). The Balaban J connectivity index is 1.52. The number of carbonyl (C=O) groups excluding carboxylic acids is 1. The highest BCUT2D eigenvalue weighted by molar-refractivity contribution is 7.97. The molecule has 0 fully saturated rings. The average Bonchev–Trinajstić information content (AvgIpc) is 2.64. The Labute approximate surface area is 146 Å². The Hall–Kier alpha value is -2.59. The van der Waals surface area contributed by atoms with Crippen molar-refractivity contribution in [1.82, 2.24) is 4.98 Å². The summed E-state index contributed by atoms with van der Waals surface area (Å²) in [7, 11) is 0. The molecule has 0 atom stereocenters. The summed E-state index contributed by atoms with van der Waals surface area (Å²) < 4.78 is 0. The third-order valence-corrected chi connectivity index (χ3v) is 4.59. The van der Waals surface area contributed by atoms with Crippen LogP contribution in [0.15, 0.2) is 79.1 Å². The second-order valence-electron chi connectivity index (χ2n) is 5.37. The number of nitrogens with one attached hydrogen (secondary N) is 1. The Morgan fingerprint density at radius 2 is 1.58 bits per heavy atom. The van der Waals surface area contributed by atoms with Crippen molar-refractivity contribution >= 4 is 23.4 Å². The minimum Gasteiger partial charge on any atom is -0.321 e. The zero-order valence-electron chi connectivity index (χ0n) is 13.2. The van der Waals surface area contributed by atoms with Gasteiger partial charge in [-0.2, -0.15) is 11.8 Å². The number of hydrogen-bond donors (Lipinski definition) is 1. The van der Waals surface area contributed by atoms with Crippen LogP contribution in [0.2, 0.25) is 0 Å². The molecule has 0 saturated carbocycles. The van der Waals surface area contributed by atoms with Gasteiger partial charge in [0.15, 0.2) is 0 Å². The van der Waals surface area contributed by atoms with Gasteiger partial charge in [-0.3, -0.25) is 9.78 Å². The van der Waals surface area contributed by atoms with Gasteiger partial charge in [-0.1, -0.05) is 42.5 Å². The Kier molecular flexibility index (Phi) is 5.64. The molecule has 1 aromatic heterocycles. The summed E-state index contributed by atoms with van der Waals surface area (Å²) in [5.74, 6) is 1.80. The molecular formula is C20H18N2OS. The molecule has 3 nitrogen and oxygen atoms in total. The predicted molar refractivity (Wildman–Crippen MR) is 100 cm³/mol. The van der Waals surface area contributed by atoms with E-state index in [1.807, 2.05) is 48.2 Å². The SMILES string of the molecule is O=C(Nc1cccnc1)c1ccc(CSCc2ccccc2)cc1. The maximum atomic E-state index is 12.2. The second kappa shape index (κ2) is 8.31. The first-order valence-corrected chi connectivity index (χ1v) is 8.89. The van der Waals surface area contributed by atoms with Crippen LogP contribution in [0.25, 0.3) is 0 Å². The molecule has 3 aromatic rings. The topological polar surface area (TPSA) is 42.0 Å². The van der Waals surface area contributed by atoms with Crippen LogP contribution in [0.1, 0.15) is 21.5 Å². The summed E-state index contributed by atoms with van der Waals surface area (Å²) in [5, 5.41) is 2.84. The van der Waals surface area contributed by atoms with E-state index in [0.717, 1.165) is 11.5 Å². The van der Waals surface area contributed by atoms with E-state index in [9.17, 15) is 4.79 Å². The Morgan fingerprint density at radius 1 is 0.875 bits per heavy atom. The standard InChI is InChI=1S/C20H18N2OS/c23-20(22-19-7-4-12-21-13-19)18-10-8-17(9-11-18)15-24-14-16-5-2-1-3-6-16/h1-13H,14-15H2,(H,22,23). The highest BCUT2D eigenvalue weighted by Gasteiger charge is 2.06. The third-order valence-electron chi connectivity index (χ3n) is 3.52. The summed E-state index contributed by atoms with van der Waals surface area (Å²) >= 11 is 1.87. The van der Waals surface area contributed by atoms with Crippen LogP contribution in [0.4, 0.5) is 5.69 Å². The van der Waals surface area contributed by atoms with Gasteiger partial charge in [0.2, 0.25) is 0 Å². The summed E-state index contributed by atoms with van der Waals surface area (Å²) in [6.07, 6.45) is 3.31. The molecule has 0 spiro atoms. The average molecular weight is 334 g/mol. The van der Waals surface area contributed by atoms with Gasteiger partial charge in [0.1, 0.15) is 0 Å². The van der Waals surface area contributed by atoms with E-state index in [1.165, 1.54) is 11.1 Å². The van der Waals surface area contributed by atoms with E-state index in [-0.39, 0.29) is 5.91 Å². The molecule has 0 bridgehead atoms. The van der Waals surface area contributed by atoms with Crippen LogP contribution >= 0.6 is 11.8 Å². The zero-order chi connectivity index (χ0) is 16.6. The summed E-state index contributed by atoms with van der Waals surface area (Å²) in [6.45, 7) is 0. The number of amides is 1. The molecule has 0 saturated heterocycles. The van der Waals surface area contributed by atoms with Crippen molar-refractivity contribution in [3.05, 3.63) is 95.8 Å². The lowest BCUT2D eigenvalue weighted by Gasteiger charge is -2.06. The molecule has 0 radical (unpaired) electrons. The van der Waals surface area contributed by atoms with Gasteiger partial charge in [-0.05, 0) is 35.4 Å². The molecule has 120 valence electrons. The Bertz CT molecular complexity index is 774. The van der Waals surface area contributed by atoms with Gasteiger partial charge in [-0.15, -0.1) is 0 Å². The van der Waals surface area contributed by atoms with E-state index < -0.39 is 0 Å². The molecular weight excluding hydrogens is 316 g/mol. The number of hydrogen-bond acceptors (Lipinski definition) is 3. The molecule has 24 heavy (non-hydrogen) atoms. The normalized spacial score (nSPS) is 10.3. The van der Waals surface area contributed by atoms with Gasteiger partial charge in [0.05, 0.1) is 11.9 Å². The number of thioether (sulfide) groups is 1. The van der Waals surface area contributed by atoms with Gasteiger partial charge in [-0.25, -0.2) is 0 Å². The van der Waals surface area contributed by atoms with Crippen molar-refractivity contribution in [2.75, 3.05) is 5.32 Å².